The van der Waals surface area contributed by atoms with Crippen molar-refractivity contribution in [1.82, 2.24) is 0 Å². The fourth-order valence-electron chi connectivity index (χ4n) is 14.2. The highest BCUT2D eigenvalue weighted by Gasteiger charge is 2.53. The lowest BCUT2D eigenvalue weighted by molar-refractivity contribution is 0.103. The van der Waals surface area contributed by atoms with Crippen LogP contribution in [0.15, 0.2) is 192 Å². The molecule has 0 unspecified atom stereocenters. The van der Waals surface area contributed by atoms with E-state index in [4.69, 9.17) is 9.47 Å². The predicted octanol–water partition coefficient (Wildman–Crippen LogP) is 19.7. The van der Waals surface area contributed by atoms with Crippen molar-refractivity contribution in [2.75, 3.05) is 14.2 Å². The number of halogens is 2. The van der Waals surface area contributed by atoms with Crippen molar-refractivity contribution in [1.29, 1.82) is 21.0 Å². The first kappa shape index (κ1) is 59.4. The number of carbonyl (C=O) groups excluding carboxylic acids is 2. The second-order valence-corrected chi connectivity index (χ2v) is 28.1. The highest BCUT2D eigenvalue weighted by atomic mass is 32.1. The van der Waals surface area contributed by atoms with Gasteiger partial charge in [0.15, 0.2) is 11.6 Å². The highest BCUT2D eigenvalue weighted by molar-refractivity contribution is 7.25. The van der Waals surface area contributed by atoms with E-state index in [0.29, 0.717) is 21.3 Å². The zero-order valence-corrected chi connectivity index (χ0v) is 54.4. The van der Waals surface area contributed by atoms with E-state index in [2.05, 4.69) is 149 Å². The van der Waals surface area contributed by atoms with Crippen molar-refractivity contribution in [2.24, 2.45) is 0 Å². The predicted molar refractivity (Wildman–Crippen MR) is 369 cm³/mol. The fourth-order valence-corrected chi connectivity index (χ4v) is 19.1. The van der Waals surface area contributed by atoms with Gasteiger partial charge in [0.2, 0.25) is 0 Å². The lowest BCUT2D eigenvalue weighted by atomic mass is 9.65. The third-order valence-electron chi connectivity index (χ3n) is 18.5. The molecule has 94 heavy (non-hydrogen) atoms. The van der Waals surface area contributed by atoms with E-state index in [9.17, 15) is 39.4 Å². The topological polar surface area (TPSA) is 148 Å². The summed E-state index contributed by atoms with van der Waals surface area (Å²) < 4.78 is 42.1. The molecule has 0 amide bonds. The third kappa shape index (κ3) is 8.79. The molecule has 4 aliphatic rings. The van der Waals surface area contributed by atoms with E-state index in [1.54, 1.807) is 49.0 Å². The van der Waals surface area contributed by atoms with Gasteiger partial charge in [-0.15, -0.1) is 45.3 Å². The second-order valence-electron chi connectivity index (χ2n) is 23.8. The summed E-state index contributed by atoms with van der Waals surface area (Å²) in [5, 5.41) is 40.6. The minimum Gasteiger partial charge on any atom is -0.495 e. The minimum absolute atomic E-state index is 0.0944. The Morgan fingerprint density at radius 2 is 0.723 bits per heavy atom. The van der Waals surface area contributed by atoms with Gasteiger partial charge in [-0.1, -0.05) is 119 Å². The van der Waals surface area contributed by atoms with Gasteiger partial charge in [-0.05, 0) is 179 Å². The van der Waals surface area contributed by atoms with Crippen LogP contribution in [-0.4, -0.2) is 25.8 Å². The molecule has 4 heterocycles. The molecule has 0 bridgehead atoms. The largest absolute Gasteiger partial charge is 0.495 e. The van der Waals surface area contributed by atoms with E-state index in [-0.39, 0.29) is 55.7 Å². The normalized spacial score (nSPS) is 15.0. The number of methoxy groups -OCH3 is 2. The number of Topliss-reactive ketones (excluding diaryl/α,β-unsaturated/α-hetero) is 2. The number of rotatable bonds is 10. The Morgan fingerprint density at radius 1 is 0.394 bits per heavy atom. The minimum atomic E-state index is -0.890. The smallest absolute Gasteiger partial charge is 0.194 e. The van der Waals surface area contributed by atoms with Gasteiger partial charge >= 0.3 is 0 Å². The van der Waals surface area contributed by atoms with Crippen LogP contribution in [0.2, 0.25) is 0 Å². The molecule has 14 heteroatoms. The number of benzene rings is 7. The average molecular weight is 1300 g/mol. The summed E-state index contributed by atoms with van der Waals surface area (Å²) in [4.78, 5) is 35.3. The number of hydrogen-bond donors (Lipinski definition) is 0. The van der Waals surface area contributed by atoms with Crippen molar-refractivity contribution in [3.05, 3.63) is 303 Å². The number of allylic oxidation sites excluding steroid dienone is 6. The summed E-state index contributed by atoms with van der Waals surface area (Å²) in [6, 6.07) is 63.8. The van der Waals surface area contributed by atoms with Crippen LogP contribution in [0.1, 0.15) is 108 Å². The van der Waals surface area contributed by atoms with E-state index in [1.807, 2.05) is 36.4 Å². The van der Waals surface area contributed by atoms with E-state index >= 15 is 0 Å². The van der Waals surface area contributed by atoms with Gasteiger partial charge in [-0.2, -0.15) is 21.0 Å². The van der Waals surface area contributed by atoms with Crippen LogP contribution in [0.5, 0.6) is 11.5 Å². The number of nitrogens with zero attached hydrogens (tertiary/aromatic N) is 4. The molecule has 0 saturated carbocycles. The quantitative estimate of drug-likeness (QED) is 0.0971. The van der Waals surface area contributed by atoms with Gasteiger partial charge < -0.3 is 9.47 Å². The van der Waals surface area contributed by atoms with Crippen LogP contribution in [0.4, 0.5) is 8.78 Å². The molecule has 0 saturated heterocycles. The SMILES string of the molecule is COc1cc(/C=C2\C(=O)c3ccc(F)cc3C2=C(C#N)C#N)sc1-c1cc2c(s1)-c1cc3c(cc1C2(c1ccc(C)cc1)c1ccc(C)cc1)-c1sc(-c2sc(/C=C4\C(=O)c5ccc(F)cc5C4=C(C#N)C#N)cc2OC)cc1C3(c1ccc(C)cc1)c1ccc(C)cc1. The summed E-state index contributed by atoms with van der Waals surface area (Å²) in [6.45, 7) is 8.37. The highest BCUT2D eigenvalue weighted by Crippen LogP contribution is 2.67. The maximum atomic E-state index is 14.8. The van der Waals surface area contributed by atoms with Crippen LogP contribution < -0.4 is 9.47 Å². The molecular weight excluding hydrogens is 1250 g/mol. The van der Waals surface area contributed by atoms with Crippen molar-refractivity contribution >= 4 is 80.2 Å². The molecule has 7 aromatic carbocycles. The van der Waals surface area contributed by atoms with E-state index < -0.39 is 34.0 Å². The summed E-state index contributed by atoms with van der Waals surface area (Å²) in [5.41, 5.74) is 14.1. The van der Waals surface area contributed by atoms with Gasteiger partial charge in [0, 0.05) is 62.7 Å². The maximum Gasteiger partial charge on any atom is 0.194 e. The first-order valence-corrected chi connectivity index (χ1v) is 33.2. The van der Waals surface area contributed by atoms with Crippen LogP contribution >= 0.6 is 45.3 Å². The molecule has 4 aromatic heterocycles. The van der Waals surface area contributed by atoms with Crippen molar-refractivity contribution in [3.8, 4) is 76.2 Å². The van der Waals surface area contributed by atoms with Gasteiger partial charge in [-0.3, -0.25) is 9.59 Å². The summed E-state index contributed by atoms with van der Waals surface area (Å²) in [6.07, 6.45) is 3.35. The Balaban J connectivity index is 0.976. The van der Waals surface area contributed by atoms with E-state index in [0.717, 1.165) is 107 Å². The lowest BCUT2D eigenvalue weighted by Gasteiger charge is -2.35. The van der Waals surface area contributed by atoms with Crippen molar-refractivity contribution in [3.63, 3.8) is 0 Å². The molecule has 0 aliphatic heterocycles. The number of thiophene rings is 4. The first-order chi connectivity index (χ1) is 45.5. The molecule has 0 atom stereocenters. The summed E-state index contributed by atoms with van der Waals surface area (Å²) in [5.74, 6) is -0.890. The summed E-state index contributed by atoms with van der Waals surface area (Å²) in [7, 11) is 3.23. The molecule has 0 radical (unpaired) electrons. The first-order valence-electron chi connectivity index (χ1n) is 29.9. The number of fused-ring (bicyclic) bond motifs is 8. The Kier molecular flexibility index (Phi) is 14.2. The Labute approximate surface area is 556 Å². The monoisotopic (exact) mass is 1290 g/mol. The number of carbonyl (C=O) groups is 2. The molecule has 15 rings (SSSR count). The third-order valence-corrected chi connectivity index (χ3v) is 23.3. The van der Waals surface area contributed by atoms with Crippen molar-refractivity contribution < 1.29 is 27.8 Å². The number of aryl methyl sites for hydroxylation is 4. The average Bonchev–Trinajstić information content (AvgIpc) is 1.50. The van der Waals surface area contributed by atoms with Crippen LogP contribution in [0.25, 0.3) is 63.7 Å². The number of ketones is 2. The van der Waals surface area contributed by atoms with Gasteiger partial charge in [0.1, 0.15) is 58.6 Å². The lowest BCUT2D eigenvalue weighted by Crippen LogP contribution is -2.30. The molecule has 0 fully saturated rings. The Morgan fingerprint density at radius 3 is 1.03 bits per heavy atom. The van der Waals surface area contributed by atoms with Crippen molar-refractivity contribution in [2.45, 2.75) is 38.5 Å². The molecule has 450 valence electrons. The zero-order valence-electron chi connectivity index (χ0n) is 51.1. The fraction of sp³-hybridized carbons (Fsp3) is 0.100. The van der Waals surface area contributed by atoms with E-state index in [1.165, 1.54) is 59.1 Å². The van der Waals surface area contributed by atoms with Gasteiger partial charge in [0.05, 0.1) is 34.8 Å². The standard InChI is InChI=1S/C80H48F2N4O4S4/c1-41-7-15-47(16-8-41)79(48-17-9-42(2)10-18-48)63-33-60-64(34-59(63)75-65(79)35-69(93-75)77-67(89-5)31-53(91-77)29-61-71(45(37-83)38-84)57-27-51(81)23-25-55(57)73(61)87)80(49-19-11-43(3)12-20-49,50-21-13-44(4)14-22-50)66-36-70(94-76(60)66)78-68(90-6)32-54(92-78)30-62-72(46(39-85)40-86)58-28-52(82)24-26-56(58)74(62)88/h7-36H,1-6H3/b61-29-,62-30-. The number of nitriles is 4. The van der Waals surface area contributed by atoms with Crippen LogP contribution in [-0.2, 0) is 10.8 Å². The van der Waals surface area contributed by atoms with Crippen LogP contribution in [0, 0.1) is 84.7 Å². The molecule has 0 spiro atoms. The summed E-state index contributed by atoms with van der Waals surface area (Å²) >= 11 is 6.19. The Bertz CT molecular complexity index is 5020. The second kappa shape index (κ2) is 22.4. The molecule has 0 N–H and O–H groups in total. The zero-order chi connectivity index (χ0) is 65.2. The number of ether oxygens (including phenoxy) is 2. The van der Waals surface area contributed by atoms with Gasteiger partial charge in [-0.25, -0.2) is 8.78 Å². The molecular formula is C80H48F2N4O4S4. The maximum absolute atomic E-state index is 14.8. The molecule has 11 aromatic rings. The number of hydrogen-bond acceptors (Lipinski definition) is 12. The Hall–Kier alpha value is -10.9. The van der Waals surface area contributed by atoms with Crippen LogP contribution in [0.3, 0.4) is 0 Å². The molecule has 4 aliphatic carbocycles. The van der Waals surface area contributed by atoms with Gasteiger partial charge in [0.25, 0.3) is 0 Å². The molecule has 8 nitrogen and oxygen atoms in total.